The fourth-order valence-corrected chi connectivity index (χ4v) is 1.43. The van der Waals surface area contributed by atoms with Gasteiger partial charge in [0.15, 0.2) is 0 Å². The third-order valence-electron chi connectivity index (χ3n) is 1.97. The molecule has 0 aliphatic carbocycles. The van der Waals surface area contributed by atoms with Crippen LogP contribution in [0.4, 0.5) is 0 Å². The molecular weight excluding hydrogens is 172 g/mol. The first-order chi connectivity index (χ1) is 5.83. The van der Waals surface area contributed by atoms with Crippen molar-refractivity contribution in [2.24, 2.45) is 5.92 Å². The molecule has 0 radical (unpaired) electrons. The maximum absolute atomic E-state index is 11.2. The lowest BCUT2D eigenvalue weighted by atomic mass is 9.99. The Morgan fingerprint density at radius 2 is 2.42 bits per heavy atom. The molecular formula is C8H16N2OS. The summed E-state index contributed by atoms with van der Waals surface area (Å²) in [7, 11) is 0. The van der Waals surface area contributed by atoms with Crippen LogP contribution in [-0.2, 0) is 4.79 Å². The first kappa shape index (κ1) is 9.86. The van der Waals surface area contributed by atoms with E-state index in [4.69, 9.17) is 0 Å². The van der Waals surface area contributed by atoms with Crippen LogP contribution in [0.5, 0.6) is 0 Å². The van der Waals surface area contributed by atoms with Crippen LogP contribution in [0.25, 0.3) is 0 Å². The minimum absolute atomic E-state index is 0.204. The second kappa shape index (κ2) is 5.43. The number of nitrogens with one attached hydrogen (secondary N) is 2. The monoisotopic (exact) mass is 188 g/mol. The molecule has 0 bridgehead atoms. The second-order valence-corrected chi connectivity index (χ2v) is 4.06. The Balaban J connectivity index is 1.95. The number of carbonyl (C=O) groups is 1. The van der Waals surface area contributed by atoms with Crippen LogP contribution in [0.15, 0.2) is 0 Å². The number of hydrogen-bond donors (Lipinski definition) is 2. The average Bonchev–Trinajstić information content (AvgIpc) is 1.98. The number of rotatable bonds is 5. The van der Waals surface area contributed by atoms with Gasteiger partial charge in [-0.1, -0.05) is 0 Å². The molecule has 4 heteroatoms. The fraction of sp³-hybridized carbons (Fsp3) is 0.875. The smallest absolute Gasteiger partial charge is 0.220 e. The molecule has 0 aromatic rings. The lowest BCUT2D eigenvalue weighted by Crippen LogP contribution is -2.44. The molecule has 1 aliphatic heterocycles. The summed E-state index contributed by atoms with van der Waals surface area (Å²) in [5, 5.41) is 6.04. The summed E-state index contributed by atoms with van der Waals surface area (Å²) in [6.45, 7) is 2.83. The van der Waals surface area contributed by atoms with Crippen LogP contribution in [0.1, 0.15) is 6.42 Å². The second-order valence-electron chi connectivity index (χ2n) is 3.07. The molecule has 0 saturated carbocycles. The van der Waals surface area contributed by atoms with Crippen molar-refractivity contribution in [3.8, 4) is 0 Å². The molecule has 0 atom stereocenters. The van der Waals surface area contributed by atoms with Gasteiger partial charge in [-0.2, -0.15) is 11.8 Å². The van der Waals surface area contributed by atoms with Gasteiger partial charge < -0.3 is 10.6 Å². The van der Waals surface area contributed by atoms with Crippen molar-refractivity contribution in [1.29, 1.82) is 0 Å². The molecule has 0 unspecified atom stereocenters. The van der Waals surface area contributed by atoms with Gasteiger partial charge in [0.05, 0.1) is 0 Å². The fourth-order valence-electron chi connectivity index (χ4n) is 1.12. The average molecular weight is 188 g/mol. The van der Waals surface area contributed by atoms with E-state index in [9.17, 15) is 4.79 Å². The zero-order valence-corrected chi connectivity index (χ0v) is 8.25. The summed E-state index contributed by atoms with van der Waals surface area (Å²) < 4.78 is 0. The van der Waals surface area contributed by atoms with Crippen LogP contribution in [0.2, 0.25) is 0 Å². The Labute approximate surface area is 77.7 Å². The highest BCUT2D eigenvalue weighted by Crippen LogP contribution is 2.07. The minimum Gasteiger partial charge on any atom is -0.355 e. The topological polar surface area (TPSA) is 41.1 Å². The Kier molecular flexibility index (Phi) is 4.46. The van der Waals surface area contributed by atoms with Gasteiger partial charge in [-0.3, -0.25) is 4.79 Å². The summed E-state index contributed by atoms with van der Waals surface area (Å²) in [6, 6.07) is 0. The molecule has 1 aliphatic rings. The van der Waals surface area contributed by atoms with Crippen LogP contribution in [0, 0.1) is 5.92 Å². The van der Waals surface area contributed by atoms with E-state index >= 15 is 0 Å². The SMILES string of the molecule is CSCCNC(=O)CC1CNC1. The van der Waals surface area contributed by atoms with Gasteiger partial charge in [0.2, 0.25) is 5.91 Å². The summed E-state index contributed by atoms with van der Waals surface area (Å²) >= 11 is 1.76. The molecule has 0 spiro atoms. The van der Waals surface area contributed by atoms with E-state index in [0.29, 0.717) is 12.3 Å². The van der Waals surface area contributed by atoms with Gasteiger partial charge >= 0.3 is 0 Å². The molecule has 0 aromatic carbocycles. The zero-order valence-electron chi connectivity index (χ0n) is 7.43. The highest BCUT2D eigenvalue weighted by Gasteiger charge is 2.19. The van der Waals surface area contributed by atoms with Gasteiger partial charge in [-0.05, 0) is 25.3 Å². The van der Waals surface area contributed by atoms with E-state index in [2.05, 4.69) is 10.6 Å². The van der Waals surface area contributed by atoms with Gasteiger partial charge in [-0.15, -0.1) is 0 Å². The van der Waals surface area contributed by atoms with Crippen LogP contribution in [0.3, 0.4) is 0 Å². The summed E-state index contributed by atoms with van der Waals surface area (Å²) in [5.74, 6) is 1.80. The van der Waals surface area contributed by atoms with Gasteiger partial charge in [0, 0.05) is 18.7 Å². The number of amides is 1. The normalized spacial score (nSPS) is 17.1. The molecule has 1 saturated heterocycles. The van der Waals surface area contributed by atoms with Crippen molar-refractivity contribution >= 4 is 17.7 Å². The maximum Gasteiger partial charge on any atom is 0.220 e. The molecule has 70 valence electrons. The van der Waals surface area contributed by atoms with E-state index in [0.717, 1.165) is 25.4 Å². The van der Waals surface area contributed by atoms with E-state index in [-0.39, 0.29) is 5.91 Å². The molecule has 1 fully saturated rings. The van der Waals surface area contributed by atoms with Gasteiger partial charge in [0.25, 0.3) is 0 Å². The quantitative estimate of drug-likeness (QED) is 0.600. The van der Waals surface area contributed by atoms with E-state index in [1.807, 2.05) is 6.26 Å². The lowest BCUT2D eigenvalue weighted by molar-refractivity contribution is -0.122. The van der Waals surface area contributed by atoms with E-state index in [1.54, 1.807) is 11.8 Å². The third-order valence-corrected chi connectivity index (χ3v) is 2.58. The Morgan fingerprint density at radius 1 is 1.67 bits per heavy atom. The van der Waals surface area contributed by atoms with Gasteiger partial charge in [0.1, 0.15) is 0 Å². The van der Waals surface area contributed by atoms with E-state index < -0.39 is 0 Å². The number of hydrogen-bond acceptors (Lipinski definition) is 3. The van der Waals surface area contributed by atoms with Crippen LogP contribution < -0.4 is 10.6 Å². The maximum atomic E-state index is 11.2. The van der Waals surface area contributed by atoms with Crippen molar-refractivity contribution in [2.75, 3.05) is 31.6 Å². The van der Waals surface area contributed by atoms with Crippen LogP contribution in [-0.4, -0.2) is 37.6 Å². The third kappa shape index (κ3) is 3.45. The summed E-state index contributed by atoms with van der Waals surface area (Å²) in [6.07, 6.45) is 2.74. The molecule has 12 heavy (non-hydrogen) atoms. The van der Waals surface area contributed by atoms with Crippen LogP contribution >= 0.6 is 11.8 Å². The largest absolute Gasteiger partial charge is 0.355 e. The van der Waals surface area contributed by atoms with E-state index in [1.165, 1.54) is 0 Å². The summed E-state index contributed by atoms with van der Waals surface area (Å²) in [5.41, 5.74) is 0. The van der Waals surface area contributed by atoms with Gasteiger partial charge in [-0.25, -0.2) is 0 Å². The standard InChI is InChI=1S/C8H16N2OS/c1-12-3-2-10-8(11)4-7-5-9-6-7/h7,9H,2-6H2,1H3,(H,10,11). The van der Waals surface area contributed by atoms with Crippen molar-refractivity contribution in [3.05, 3.63) is 0 Å². The molecule has 1 rings (SSSR count). The number of thioether (sulfide) groups is 1. The molecule has 1 amide bonds. The van der Waals surface area contributed by atoms with Crippen molar-refractivity contribution in [2.45, 2.75) is 6.42 Å². The highest BCUT2D eigenvalue weighted by atomic mass is 32.2. The molecule has 0 aromatic heterocycles. The molecule has 2 N–H and O–H groups in total. The van der Waals surface area contributed by atoms with Crippen molar-refractivity contribution in [1.82, 2.24) is 10.6 Å². The zero-order chi connectivity index (χ0) is 8.81. The summed E-state index contributed by atoms with van der Waals surface area (Å²) in [4.78, 5) is 11.2. The number of carbonyl (C=O) groups excluding carboxylic acids is 1. The molecule has 3 nitrogen and oxygen atoms in total. The Hall–Kier alpha value is -0.220. The highest BCUT2D eigenvalue weighted by molar-refractivity contribution is 7.98. The lowest BCUT2D eigenvalue weighted by Gasteiger charge is -2.26. The minimum atomic E-state index is 0.204. The predicted octanol–water partition coefficient (Wildman–Crippen LogP) is 0.0751. The molecule has 1 heterocycles. The first-order valence-corrected chi connectivity index (χ1v) is 5.68. The first-order valence-electron chi connectivity index (χ1n) is 4.29. The Bertz CT molecular complexity index is 148. The Morgan fingerprint density at radius 3 is 2.92 bits per heavy atom. The van der Waals surface area contributed by atoms with Crippen molar-refractivity contribution in [3.63, 3.8) is 0 Å². The predicted molar refractivity (Wildman–Crippen MR) is 52.4 cm³/mol. The van der Waals surface area contributed by atoms with Crippen molar-refractivity contribution < 1.29 is 4.79 Å².